The van der Waals surface area contributed by atoms with Crippen molar-refractivity contribution in [2.45, 2.75) is 13.5 Å². The first kappa shape index (κ1) is 8.25. The normalized spacial score (nSPS) is 10.5. The van der Waals surface area contributed by atoms with Crippen LogP contribution in [0.1, 0.15) is 10.4 Å². The van der Waals surface area contributed by atoms with Crippen molar-refractivity contribution in [3.63, 3.8) is 0 Å². The zero-order chi connectivity index (χ0) is 9.26. The molecule has 0 fully saturated rings. The first-order chi connectivity index (χ1) is 6.25. The highest BCUT2D eigenvalue weighted by molar-refractivity contribution is 7.09. The number of nitrogens with two attached hydrogens (primary N) is 1. The van der Waals surface area contributed by atoms with Crippen LogP contribution in [-0.2, 0) is 6.54 Å². The lowest BCUT2D eigenvalue weighted by Crippen LogP contribution is -1.99. The second kappa shape index (κ2) is 3.18. The van der Waals surface area contributed by atoms with Crippen LogP contribution in [0.25, 0.3) is 0 Å². The van der Waals surface area contributed by atoms with Gasteiger partial charge in [-0.1, -0.05) is 0 Å². The van der Waals surface area contributed by atoms with Crippen molar-refractivity contribution in [2.75, 3.05) is 5.73 Å². The highest BCUT2D eigenvalue weighted by Gasteiger charge is 2.01. The molecule has 0 aliphatic heterocycles. The molecule has 4 nitrogen and oxygen atoms in total. The van der Waals surface area contributed by atoms with Crippen LogP contribution in [0.4, 0.5) is 5.82 Å². The highest BCUT2D eigenvalue weighted by Crippen LogP contribution is 2.11. The van der Waals surface area contributed by atoms with Gasteiger partial charge in [0.25, 0.3) is 0 Å². The van der Waals surface area contributed by atoms with Gasteiger partial charge in [-0.15, -0.1) is 11.3 Å². The van der Waals surface area contributed by atoms with E-state index in [9.17, 15) is 0 Å². The predicted molar refractivity (Wildman–Crippen MR) is 52.6 cm³/mol. The highest BCUT2D eigenvalue weighted by atomic mass is 32.1. The van der Waals surface area contributed by atoms with Gasteiger partial charge in [0.1, 0.15) is 5.82 Å². The number of hydrogen-bond acceptors (Lipinski definition) is 4. The topological polar surface area (TPSA) is 56.7 Å². The lowest BCUT2D eigenvalue weighted by atomic mass is 10.4. The Morgan fingerprint density at radius 2 is 2.46 bits per heavy atom. The molecule has 5 heteroatoms. The van der Waals surface area contributed by atoms with E-state index in [1.54, 1.807) is 11.3 Å². The minimum atomic E-state index is 0.601. The second-order valence-corrected chi connectivity index (χ2v) is 3.83. The molecule has 2 aromatic rings. The summed E-state index contributed by atoms with van der Waals surface area (Å²) in [6.45, 7) is 2.70. The van der Waals surface area contributed by atoms with Gasteiger partial charge >= 0.3 is 0 Å². The average molecular weight is 194 g/mol. The third-order valence-electron chi connectivity index (χ3n) is 1.78. The van der Waals surface area contributed by atoms with Crippen molar-refractivity contribution in [1.82, 2.24) is 14.8 Å². The molecule has 0 amide bonds. The molecule has 0 aliphatic carbocycles. The van der Waals surface area contributed by atoms with Gasteiger partial charge in [0.15, 0.2) is 0 Å². The van der Waals surface area contributed by atoms with E-state index in [1.807, 2.05) is 29.5 Å². The van der Waals surface area contributed by atoms with E-state index in [4.69, 9.17) is 5.73 Å². The Balaban J connectivity index is 2.19. The van der Waals surface area contributed by atoms with Crippen LogP contribution in [0.3, 0.4) is 0 Å². The number of anilines is 1. The third-order valence-corrected chi connectivity index (χ3v) is 2.55. The molecule has 2 heterocycles. The van der Waals surface area contributed by atoms with Crippen LogP contribution >= 0.6 is 11.3 Å². The molecule has 2 N–H and O–H groups in total. The SMILES string of the molecule is Cc1cn(Cc2cncs2)nc1N. The zero-order valence-corrected chi connectivity index (χ0v) is 8.08. The molecule has 0 aromatic carbocycles. The summed E-state index contributed by atoms with van der Waals surface area (Å²) in [4.78, 5) is 5.18. The maximum Gasteiger partial charge on any atom is 0.148 e. The average Bonchev–Trinajstić information content (AvgIpc) is 2.64. The summed E-state index contributed by atoms with van der Waals surface area (Å²) < 4.78 is 1.83. The number of thiazole rings is 1. The summed E-state index contributed by atoms with van der Waals surface area (Å²) in [6.07, 6.45) is 3.78. The minimum Gasteiger partial charge on any atom is -0.382 e. The van der Waals surface area contributed by atoms with Crippen molar-refractivity contribution >= 4 is 17.2 Å². The monoisotopic (exact) mass is 194 g/mol. The smallest absolute Gasteiger partial charge is 0.148 e. The van der Waals surface area contributed by atoms with Crippen molar-refractivity contribution < 1.29 is 0 Å². The largest absolute Gasteiger partial charge is 0.382 e. The zero-order valence-electron chi connectivity index (χ0n) is 7.27. The molecule has 0 atom stereocenters. The quantitative estimate of drug-likeness (QED) is 0.783. The van der Waals surface area contributed by atoms with E-state index in [-0.39, 0.29) is 0 Å². The summed E-state index contributed by atoms with van der Waals surface area (Å²) >= 11 is 1.62. The van der Waals surface area contributed by atoms with Gasteiger partial charge in [-0.2, -0.15) is 5.10 Å². The Morgan fingerprint density at radius 1 is 1.62 bits per heavy atom. The van der Waals surface area contributed by atoms with Gasteiger partial charge < -0.3 is 5.73 Å². The second-order valence-electron chi connectivity index (χ2n) is 2.86. The molecule has 0 spiro atoms. The van der Waals surface area contributed by atoms with Crippen LogP contribution in [0.2, 0.25) is 0 Å². The molecule has 13 heavy (non-hydrogen) atoms. The van der Waals surface area contributed by atoms with E-state index in [2.05, 4.69) is 10.1 Å². The molecule has 0 unspecified atom stereocenters. The Kier molecular flexibility index (Phi) is 2.02. The first-order valence-electron chi connectivity index (χ1n) is 3.92. The molecule has 0 saturated heterocycles. The van der Waals surface area contributed by atoms with Crippen molar-refractivity contribution in [1.29, 1.82) is 0 Å². The number of nitrogen functional groups attached to an aromatic ring is 1. The Morgan fingerprint density at radius 3 is 3.00 bits per heavy atom. The summed E-state index contributed by atoms with van der Waals surface area (Å²) in [7, 11) is 0. The van der Waals surface area contributed by atoms with Gasteiger partial charge in [-0.25, -0.2) is 0 Å². The number of rotatable bonds is 2. The molecule has 68 valence electrons. The first-order valence-corrected chi connectivity index (χ1v) is 4.80. The van der Waals surface area contributed by atoms with Gasteiger partial charge in [0.2, 0.25) is 0 Å². The van der Waals surface area contributed by atoms with Gasteiger partial charge in [-0.05, 0) is 6.92 Å². The Hall–Kier alpha value is -1.36. The number of hydrogen-bond donors (Lipinski definition) is 1. The maximum atomic E-state index is 5.63. The van der Waals surface area contributed by atoms with E-state index in [0.717, 1.165) is 12.1 Å². The van der Waals surface area contributed by atoms with Crippen LogP contribution in [-0.4, -0.2) is 14.8 Å². The minimum absolute atomic E-state index is 0.601. The van der Waals surface area contributed by atoms with E-state index >= 15 is 0 Å². The van der Waals surface area contributed by atoms with E-state index in [0.29, 0.717) is 5.82 Å². The fourth-order valence-corrected chi connectivity index (χ4v) is 1.68. The molecule has 0 bridgehead atoms. The molecular weight excluding hydrogens is 184 g/mol. The molecular formula is C8H10N4S. The van der Waals surface area contributed by atoms with Crippen LogP contribution in [0.15, 0.2) is 17.9 Å². The molecule has 0 saturated carbocycles. The van der Waals surface area contributed by atoms with E-state index in [1.165, 1.54) is 4.88 Å². The predicted octanol–water partition coefficient (Wildman–Crippen LogP) is 1.28. The molecule has 2 aromatic heterocycles. The van der Waals surface area contributed by atoms with Crippen molar-refractivity contribution in [3.8, 4) is 0 Å². The summed E-state index contributed by atoms with van der Waals surface area (Å²) in [5, 5.41) is 4.16. The van der Waals surface area contributed by atoms with Gasteiger partial charge in [0.05, 0.1) is 12.1 Å². The third kappa shape index (κ3) is 1.70. The van der Waals surface area contributed by atoms with Gasteiger partial charge in [0, 0.05) is 22.8 Å². The van der Waals surface area contributed by atoms with E-state index < -0.39 is 0 Å². The number of aryl methyl sites for hydroxylation is 1. The molecule has 2 rings (SSSR count). The molecule has 0 radical (unpaired) electrons. The maximum absolute atomic E-state index is 5.63. The summed E-state index contributed by atoms with van der Waals surface area (Å²) in [5.41, 5.74) is 8.46. The summed E-state index contributed by atoms with van der Waals surface area (Å²) in [6, 6.07) is 0. The van der Waals surface area contributed by atoms with Crippen LogP contribution in [0, 0.1) is 6.92 Å². The van der Waals surface area contributed by atoms with Crippen LogP contribution < -0.4 is 5.73 Å². The van der Waals surface area contributed by atoms with Crippen molar-refractivity contribution in [2.24, 2.45) is 0 Å². The fourth-order valence-electron chi connectivity index (χ4n) is 1.10. The number of aromatic nitrogens is 3. The lowest BCUT2D eigenvalue weighted by Gasteiger charge is -1.95. The summed E-state index contributed by atoms with van der Waals surface area (Å²) in [5.74, 6) is 0.601. The fraction of sp³-hybridized carbons (Fsp3) is 0.250. The molecule has 0 aliphatic rings. The lowest BCUT2D eigenvalue weighted by molar-refractivity contribution is 0.696. The number of nitrogens with zero attached hydrogens (tertiary/aromatic N) is 3. The van der Waals surface area contributed by atoms with Gasteiger partial charge in [-0.3, -0.25) is 9.67 Å². The Labute approximate surface area is 80.0 Å². The van der Waals surface area contributed by atoms with Crippen molar-refractivity contribution in [3.05, 3.63) is 28.3 Å². The van der Waals surface area contributed by atoms with Crippen LogP contribution in [0.5, 0.6) is 0 Å². The standard InChI is InChI=1S/C8H10N4S/c1-6-3-12(11-8(6)9)4-7-2-10-5-13-7/h2-3,5H,4H2,1H3,(H2,9,11). The Bertz CT molecular complexity index is 371.